The van der Waals surface area contributed by atoms with E-state index in [-0.39, 0.29) is 0 Å². The quantitative estimate of drug-likeness (QED) is 0.721. The minimum atomic E-state index is -0.879. The van der Waals surface area contributed by atoms with Gasteiger partial charge in [0.2, 0.25) is 0 Å². The number of hydrogen-bond donors (Lipinski definition) is 1. The van der Waals surface area contributed by atoms with Gasteiger partial charge in [-0.3, -0.25) is 0 Å². The van der Waals surface area contributed by atoms with E-state index in [0.717, 1.165) is 18.8 Å². The molecule has 0 bridgehead atoms. The number of nitrogens with zero attached hydrogens (tertiary/aromatic N) is 1. The third-order valence-electron chi connectivity index (χ3n) is 2.30. The van der Waals surface area contributed by atoms with Crippen LogP contribution in [0.25, 0.3) is 0 Å². The molecule has 0 unspecified atom stereocenters. The topological polar surface area (TPSA) is 40.5 Å². The van der Waals surface area contributed by atoms with Crippen molar-refractivity contribution in [2.75, 3.05) is 18.0 Å². The summed E-state index contributed by atoms with van der Waals surface area (Å²) >= 11 is 0. The zero-order valence-corrected chi connectivity index (χ0v) is 7.68. The van der Waals surface area contributed by atoms with Crippen molar-refractivity contribution < 1.29 is 9.90 Å². The summed E-state index contributed by atoms with van der Waals surface area (Å²) in [7, 11) is 0. The Morgan fingerprint density at radius 2 is 1.71 bits per heavy atom. The maximum Gasteiger partial charge on any atom is 0.335 e. The highest BCUT2D eigenvalue weighted by Gasteiger charge is 2.08. The molecule has 0 amide bonds. The van der Waals surface area contributed by atoms with E-state index in [4.69, 9.17) is 5.11 Å². The molecule has 1 N–H and O–H groups in total. The highest BCUT2D eigenvalue weighted by molar-refractivity contribution is 5.88. The molecule has 0 aliphatic carbocycles. The zero-order chi connectivity index (χ0) is 9.97. The molecule has 72 valence electrons. The van der Waals surface area contributed by atoms with Crippen LogP contribution in [-0.2, 0) is 0 Å². The second-order valence-corrected chi connectivity index (χ2v) is 3.23. The van der Waals surface area contributed by atoms with Crippen molar-refractivity contribution in [1.82, 2.24) is 0 Å². The van der Waals surface area contributed by atoms with Gasteiger partial charge in [0.25, 0.3) is 0 Å². The van der Waals surface area contributed by atoms with Crippen LogP contribution in [-0.4, -0.2) is 24.2 Å². The Balaban J connectivity index is 2.17. The summed E-state index contributed by atoms with van der Waals surface area (Å²) in [6.45, 7) is 1.82. The Morgan fingerprint density at radius 1 is 1.14 bits per heavy atom. The van der Waals surface area contributed by atoms with Gasteiger partial charge in [-0.2, -0.15) is 0 Å². The molecule has 0 saturated heterocycles. The smallest absolute Gasteiger partial charge is 0.335 e. The third-order valence-corrected chi connectivity index (χ3v) is 2.30. The maximum absolute atomic E-state index is 10.6. The summed E-state index contributed by atoms with van der Waals surface area (Å²) in [5, 5.41) is 8.72. The van der Waals surface area contributed by atoms with Crippen molar-refractivity contribution in [2.45, 2.75) is 0 Å². The first kappa shape index (κ1) is 8.81. The molecule has 0 aromatic heterocycles. The molecule has 0 spiro atoms. The summed E-state index contributed by atoms with van der Waals surface area (Å²) in [5.74, 6) is -0.879. The number of carbonyl (C=O) groups is 1. The molecule has 2 rings (SSSR count). The van der Waals surface area contributed by atoms with E-state index in [1.54, 1.807) is 12.1 Å². The molecule has 0 saturated carbocycles. The van der Waals surface area contributed by atoms with Gasteiger partial charge in [-0.1, -0.05) is 12.2 Å². The first-order chi connectivity index (χ1) is 6.77. The average Bonchev–Trinajstić information content (AvgIpc) is 2.71. The van der Waals surface area contributed by atoms with Crippen molar-refractivity contribution >= 4 is 11.7 Å². The van der Waals surface area contributed by atoms with Gasteiger partial charge in [-0.05, 0) is 24.3 Å². The molecule has 1 aliphatic rings. The minimum Gasteiger partial charge on any atom is -0.478 e. The lowest BCUT2D eigenvalue weighted by molar-refractivity contribution is 0.0697. The summed E-state index contributed by atoms with van der Waals surface area (Å²) in [4.78, 5) is 12.8. The first-order valence-corrected chi connectivity index (χ1v) is 4.50. The zero-order valence-electron chi connectivity index (χ0n) is 7.68. The Labute approximate surface area is 82.3 Å². The van der Waals surface area contributed by atoms with Crippen LogP contribution >= 0.6 is 0 Å². The second kappa shape index (κ2) is 3.54. The standard InChI is InChI=1S/C11H11NO2/c13-11(14)9-3-5-10(6-4-9)12-7-1-2-8-12/h1-6H,7-8H2,(H,13,14). The number of rotatable bonds is 2. The molecule has 0 fully saturated rings. The molecule has 3 nitrogen and oxygen atoms in total. The number of aromatic carboxylic acids is 1. The van der Waals surface area contributed by atoms with Crippen LogP contribution in [0.4, 0.5) is 5.69 Å². The Hall–Kier alpha value is -1.77. The number of benzene rings is 1. The van der Waals surface area contributed by atoms with E-state index < -0.39 is 5.97 Å². The molecular formula is C11H11NO2. The van der Waals surface area contributed by atoms with Gasteiger partial charge in [-0.15, -0.1) is 0 Å². The SMILES string of the molecule is O=C(O)c1ccc(N2CC=CC2)cc1. The number of carboxylic acids is 1. The predicted octanol–water partition coefficient (Wildman–Crippen LogP) is 1.76. The van der Waals surface area contributed by atoms with Crippen LogP contribution in [0, 0.1) is 0 Å². The lowest BCUT2D eigenvalue weighted by Crippen LogP contribution is -2.18. The van der Waals surface area contributed by atoms with Crippen LogP contribution in [0.3, 0.4) is 0 Å². The van der Waals surface area contributed by atoms with Gasteiger partial charge in [0.05, 0.1) is 5.56 Å². The van der Waals surface area contributed by atoms with E-state index in [1.807, 2.05) is 12.1 Å². The van der Waals surface area contributed by atoms with Crippen LogP contribution in [0.1, 0.15) is 10.4 Å². The highest BCUT2D eigenvalue weighted by Crippen LogP contribution is 2.17. The normalized spacial score (nSPS) is 14.7. The summed E-state index contributed by atoms with van der Waals surface area (Å²) in [6.07, 6.45) is 4.20. The van der Waals surface area contributed by atoms with Crippen LogP contribution in [0.5, 0.6) is 0 Å². The van der Waals surface area contributed by atoms with Crippen molar-refractivity contribution in [3.05, 3.63) is 42.0 Å². The van der Waals surface area contributed by atoms with Gasteiger partial charge >= 0.3 is 5.97 Å². The van der Waals surface area contributed by atoms with Gasteiger partial charge in [0.15, 0.2) is 0 Å². The molecule has 1 aromatic carbocycles. The molecule has 14 heavy (non-hydrogen) atoms. The summed E-state index contributed by atoms with van der Waals surface area (Å²) in [6, 6.07) is 6.96. The van der Waals surface area contributed by atoms with Gasteiger partial charge in [0, 0.05) is 18.8 Å². The minimum absolute atomic E-state index is 0.334. The van der Waals surface area contributed by atoms with Crippen molar-refractivity contribution in [3.63, 3.8) is 0 Å². The molecule has 1 aliphatic heterocycles. The Morgan fingerprint density at radius 3 is 2.21 bits per heavy atom. The predicted molar refractivity (Wildman–Crippen MR) is 54.8 cm³/mol. The first-order valence-electron chi connectivity index (χ1n) is 4.50. The van der Waals surface area contributed by atoms with E-state index in [0.29, 0.717) is 5.56 Å². The van der Waals surface area contributed by atoms with Crippen LogP contribution < -0.4 is 4.90 Å². The fraction of sp³-hybridized carbons (Fsp3) is 0.182. The van der Waals surface area contributed by atoms with E-state index in [9.17, 15) is 4.79 Å². The van der Waals surface area contributed by atoms with Crippen LogP contribution in [0.2, 0.25) is 0 Å². The van der Waals surface area contributed by atoms with E-state index >= 15 is 0 Å². The number of anilines is 1. The highest BCUT2D eigenvalue weighted by atomic mass is 16.4. The van der Waals surface area contributed by atoms with E-state index in [2.05, 4.69) is 17.1 Å². The van der Waals surface area contributed by atoms with Gasteiger partial charge in [-0.25, -0.2) is 4.79 Å². The Bertz CT molecular complexity index is 359. The van der Waals surface area contributed by atoms with Crippen molar-refractivity contribution in [2.24, 2.45) is 0 Å². The molecule has 0 atom stereocenters. The van der Waals surface area contributed by atoms with Gasteiger partial charge < -0.3 is 10.0 Å². The molecular weight excluding hydrogens is 178 g/mol. The maximum atomic E-state index is 10.6. The lowest BCUT2D eigenvalue weighted by Gasteiger charge is -2.17. The lowest BCUT2D eigenvalue weighted by atomic mass is 10.2. The fourth-order valence-corrected chi connectivity index (χ4v) is 1.50. The Kier molecular flexibility index (Phi) is 2.23. The molecule has 1 heterocycles. The second-order valence-electron chi connectivity index (χ2n) is 3.23. The number of carboxylic acid groups (broad SMARTS) is 1. The third kappa shape index (κ3) is 1.62. The monoisotopic (exact) mass is 189 g/mol. The fourth-order valence-electron chi connectivity index (χ4n) is 1.50. The summed E-state index contributed by atoms with van der Waals surface area (Å²) < 4.78 is 0. The molecule has 1 aromatic rings. The van der Waals surface area contributed by atoms with Gasteiger partial charge in [0.1, 0.15) is 0 Å². The molecule has 0 radical (unpaired) electrons. The number of hydrogen-bond acceptors (Lipinski definition) is 2. The largest absolute Gasteiger partial charge is 0.478 e. The average molecular weight is 189 g/mol. The summed E-state index contributed by atoms with van der Waals surface area (Å²) in [5.41, 5.74) is 1.40. The van der Waals surface area contributed by atoms with Crippen LogP contribution in [0.15, 0.2) is 36.4 Å². The molecule has 3 heteroatoms. The van der Waals surface area contributed by atoms with E-state index in [1.165, 1.54) is 0 Å². The van der Waals surface area contributed by atoms with Crippen molar-refractivity contribution in [3.8, 4) is 0 Å². The van der Waals surface area contributed by atoms with Crippen molar-refractivity contribution in [1.29, 1.82) is 0 Å².